The third-order valence-electron chi connectivity index (χ3n) is 2.87. The van der Waals surface area contributed by atoms with Gasteiger partial charge >= 0.3 is 5.97 Å². The molecule has 2 rings (SSSR count). The van der Waals surface area contributed by atoms with Gasteiger partial charge in [0, 0.05) is 30.1 Å². The molecular formula is C13H14FNO2. The van der Waals surface area contributed by atoms with Crippen molar-refractivity contribution in [1.29, 1.82) is 0 Å². The summed E-state index contributed by atoms with van der Waals surface area (Å²) in [6.45, 7) is 2.79. The molecule has 4 heteroatoms. The predicted molar refractivity (Wildman–Crippen MR) is 63.5 cm³/mol. The van der Waals surface area contributed by atoms with Crippen molar-refractivity contribution in [3.63, 3.8) is 0 Å². The number of aryl methyl sites for hydroxylation is 2. The Morgan fingerprint density at radius 1 is 1.47 bits per heavy atom. The van der Waals surface area contributed by atoms with E-state index in [4.69, 9.17) is 5.11 Å². The van der Waals surface area contributed by atoms with Gasteiger partial charge in [-0.25, -0.2) is 4.39 Å². The highest BCUT2D eigenvalue weighted by Crippen LogP contribution is 2.23. The first-order chi connectivity index (χ1) is 8.11. The second-order valence-electron chi connectivity index (χ2n) is 4.00. The van der Waals surface area contributed by atoms with Crippen LogP contribution in [0.2, 0.25) is 0 Å². The molecule has 0 amide bonds. The van der Waals surface area contributed by atoms with Crippen LogP contribution in [0.4, 0.5) is 4.39 Å². The van der Waals surface area contributed by atoms with E-state index in [0.717, 1.165) is 23.0 Å². The number of carbonyl (C=O) groups is 1. The summed E-state index contributed by atoms with van der Waals surface area (Å²) >= 11 is 0. The van der Waals surface area contributed by atoms with E-state index in [1.165, 1.54) is 12.1 Å². The van der Waals surface area contributed by atoms with E-state index in [0.29, 0.717) is 6.42 Å². The molecule has 1 N–H and O–H groups in total. The lowest BCUT2D eigenvalue weighted by atomic mass is 10.1. The number of aliphatic carboxylic acids is 1. The summed E-state index contributed by atoms with van der Waals surface area (Å²) in [5.41, 5.74) is 1.85. The Kier molecular flexibility index (Phi) is 3.13. The molecule has 1 aromatic heterocycles. The summed E-state index contributed by atoms with van der Waals surface area (Å²) in [4.78, 5) is 10.6. The second-order valence-corrected chi connectivity index (χ2v) is 4.00. The minimum absolute atomic E-state index is 0.0688. The van der Waals surface area contributed by atoms with Gasteiger partial charge in [0.15, 0.2) is 0 Å². The number of rotatable bonds is 4. The van der Waals surface area contributed by atoms with E-state index < -0.39 is 5.97 Å². The Balaban J connectivity index is 2.46. The third kappa shape index (κ3) is 2.30. The van der Waals surface area contributed by atoms with Crippen LogP contribution in [-0.2, 0) is 17.8 Å². The fourth-order valence-corrected chi connectivity index (χ4v) is 2.05. The molecule has 90 valence electrons. The molecular weight excluding hydrogens is 221 g/mol. The number of hydrogen-bond acceptors (Lipinski definition) is 1. The van der Waals surface area contributed by atoms with Gasteiger partial charge in [-0.15, -0.1) is 0 Å². The number of fused-ring (bicyclic) bond motifs is 1. The van der Waals surface area contributed by atoms with Crippen LogP contribution in [0.5, 0.6) is 0 Å². The number of aromatic nitrogens is 1. The summed E-state index contributed by atoms with van der Waals surface area (Å²) in [7, 11) is 0. The molecule has 0 atom stereocenters. The third-order valence-corrected chi connectivity index (χ3v) is 2.87. The number of hydrogen-bond donors (Lipinski definition) is 1. The fourth-order valence-electron chi connectivity index (χ4n) is 2.05. The maximum Gasteiger partial charge on any atom is 0.303 e. The van der Waals surface area contributed by atoms with Crippen molar-refractivity contribution in [1.82, 2.24) is 4.57 Å². The van der Waals surface area contributed by atoms with Gasteiger partial charge in [-0.3, -0.25) is 4.79 Å². The number of nitrogens with zero attached hydrogens (tertiary/aromatic N) is 1. The Labute approximate surface area is 98.5 Å². The molecule has 0 radical (unpaired) electrons. The highest BCUT2D eigenvalue weighted by molar-refractivity contribution is 5.84. The van der Waals surface area contributed by atoms with Crippen LogP contribution in [0.25, 0.3) is 10.9 Å². The van der Waals surface area contributed by atoms with Crippen LogP contribution in [0.1, 0.15) is 18.9 Å². The van der Waals surface area contributed by atoms with E-state index in [1.54, 1.807) is 6.07 Å². The average molecular weight is 235 g/mol. The zero-order valence-corrected chi connectivity index (χ0v) is 9.61. The van der Waals surface area contributed by atoms with Crippen molar-refractivity contribution in [3.05, 3.63) is 35.8 Å². The maximum absolute atomic E-state index is 13.2. The van der Waals surface area contributed by atoms with Crippen molar-refractivity contribution < 1.29 is 14.3 Å². The van der Waals surface area contributed by atoms with Crippen molar-refractivity contribution in [2.45, 2.75) is 26.3 Å². The topological polar surface area (TPSA) is 42.2 Å². The molecule has 0 spiro atoms. The van der Waals surface area contributed by atoms with Crippen LogP contribution in [0.3, 0.4) is 0 Å². The molecule has 0 saturated heterocycles. The highest BCUT2D eigenvalue weighted by atomic mass is 19.1. The number of halogens is 1. The normalized spacial score (nSPS) is 10.9. The zero-order valence-electron chi connectivity index (χ0n) is 9.61. The maximum atomic E-state index is 13.2. The summed E-state index contributed by atoms with van der Waals surface area (Å²) in [5, 5.41) is 9.50. The molecule has 0 aliphatic carbocycles. The molecule has 0 aliphatic heterocycles. The van der Waals surface area contributed by atoms with Gasteiger partial charge in [0.05, 0.1) is 0 Å². The molecule has 1 heterocycles. The van der Waals surface area contributed by atoms with Gasteiger partial charge in [0.1, 0.15) is 5.82 Å². The zero-order chi connectivity index (χ0) is 12.4. The molecule has 1 aromatic carbocycles. The standard InChI is InChI=1S/C13H14FNO2/c1-2-15-8-9(3-6-13(16)17)11-7-10(14)4-5-12(11)15/h4-5,7-8H,2-3,6H2,1H3,(H,16,17). The average Bonchev–Trinajstić information content (AvgIpc) is 2.63. The number of benzene rings is 1. The summed E-state index contributed by atoms with van der Waals surface area (Å²) in [6.07, 6.45) is 2.41. The molecule has 2 aromatic rings. The largest absolute Gasteiger partial charge is 0.481 e. The first-order valence-corrected chi connectivity index (χ1v) is 5.61. The lowest BCUT2D eigenvalue weighted by Crippen LogP contribution is -1.97. The molecule has 0 saturated carbocycles. The Hall–Kier alpha value is -1.84. The van der Waals surface area contributed by atoms with Crippen molar-refractivity contribution >= 4 is 16.9 Å². The van der Waals surface area contributed by atoms with Gasteiger partial charge in [0.25, 0.3) is 0 Å². The SMILES string of the molecule is CCn1cc(CCC(=O)O)c2cc(F)ccc21. The van der Waals surface area contributed by atoms with E-state index in [1.807, 2.05) is 17.7 Å². The molecule has 0 fully saturated rings. The Morgan fingerprint density at radius 3 is 2.88 bits per heavy atom. The van der Waals surface area contributed by atoms with Crippen molar-refractivity contribution in [2.24, 2.45) is 0 Å². The van der Waals surface area contributed by atoms with Crippen LogP contribution < -0.4 is 0 Å². The second kappa shape index (κ2) is 4.57. The van der Waals surface area contributed by atoms with Crippen molar-refractivity contribution in [2.75, 3.05) is 0 Å². The van der Waals surface area contributed by atoms with Gasteiger partial charge < -0.3 is 9.67 Å². The lowest BCUT2D eigenvalue weighted by Gasteiger charge is -1.99. The molecule has 17 heavy (non-hydrogen) atoms. The van der Waals surface area contributed by atoms with E-state index in [-0.39, 0.29) is 12.2 Å². The highest BCUT2D eigenvalue weighted by Gasteiger charge is 2.09. The Morgan fingerprint density at radius 2 is 2.24 bits per heavy atom. The van der Waals surface area contributed by atoms with E-state index in [9.17, 15) is 9.18 Å². The molecule has 0 aliphatic rings. The van der Waals surface area contributed by atoms with Crippen molar-refractivity contribution in [3.8, 4) is 0 Å². The minimum atomic E-state index is -0.834. The summed E-state index contributed by atoms with van der Waals surface area (Å²) in [6, 6.07) is 4.63. The van der Waals surface area contributed by atoms with Gasteiger partial charge in [-0.1, -0.05) is 0 Å². The predicted octanol–water partition coefficient (Wildman–Crippen LogP) is 2.82. The Bertz CT molecular complexity index is 560. The van der Waals surface area contributed by atoms with Crippen LogP contribution in [0.15, 0.2) is 24.4 Å². The quantitative estimate of drug-likeness (QED) is 0.885. The lowest BCUT2D eigenvalue weighted by molar-refractivity contribution is -0.136. The first kappa shape index (κ1) is 11.6. The fraction of sp³-hybridized carbons (Fsp3) is 0.308. The van der Waals surface area contributed by atoms with Crippen LogP contribution >= 0.6 is 0 Å². The van der Waals surface area contributed by atoms with Gasteiger partial charge in [0.2, 0.25) is 0 Å². The number of carboxylic acids is 1. The van der Waals surface area contributed by atoms with Gasteiger partial charge in [-0.05, 0) is 37.1 Å². The molecule has 0 unspecified atom stereocenters. The van der Waals surface area contributed by atoms with E-state index >= 15 is 0 Å². The summed E-state index contributed by atoms with van der Waals surface area (Å²) in [5.74, 6) is -1.12. The number of carboxylic acid groups (broad SMARTS) is 1. The summed E-state index contributed by atoms with van der Waals surface area (Å²) < 4.78 is 15.2. The van der Waals surface area contributed by atoms with Crippen LogP contribution in [0, 0.1) is 5.82 Å². The van der Waals surface area contributed by atoms with Gasteiger partial charge in [-0.2, -0.15) is 0 Å². The first-order valence-electron chi connectivity index (χ1n) is 5.61. The van der Waals surface area contributed by atoms with Crippen LogP contribution in [-0.4, -0.2) is 15.6 Å². The smallest absolute Gasteiger partial charge is 0.303 e. The molecule has 3 nitrogen and oxygen atoms in total. The minimum Gasteiger partial charge on any atom is -0.481 e. The molecule has 0 bridgehead atoms. The van der Waals surface area contributed by atoms with E-state index in [2.05, 4.69) is 0 Å². The monoisotopic (exact) mass is 235 g/mol.